The van der Waals surface area contributed by atoms with Crippen molar-refractivity contribution < 1.29 is 30.1 Å². The molecule has 0 aliphatic heterocycles. The van der Waals surface area contributed by atoms with Gasteiger partial charge in [0, 0.05) is 0 Å². The van der Waals surface area contributed by atoms with Gasteiger partial charge < -0.3 is 30.1 Å². The van der Waals surface area contributed by atoms with Crippen LogP contribution in [0.3, 0.4) is 0 Å². The van der Waals surface area contributed by atoms with Gasteiger partial charge in [-0.3, -0.25) is 7.32 Å². The van der Waals surface area contributed by atoms with E-state index in [0.29, 0.717) is 0 Å². The van der Waals surface area contributed by atoms with Gasteiger partial charge in [-0.05, 0) is 0 Å². The molecule has 0 bridgehead atoms. The summed E-state index contributed by atoms with van der Waals surface area (Å²) in [6.45, 7) is 0. The van der Waals surface area contributed by atoms with E-state index in [4.69, 9.17) is 30.1 Å². The summed E-state index contributed by atoms with van der Waals surface area (Å²) in [6, 6.07) is 0. The van der Waals surface area contributed by atoms with E-state index in [1.54, 1.807) is 0 Å². The predicted molar refractivity (Wildman–Crippen MR) is 27.5 cm³/mol. The maximum absolute atomic E-state index is 8.64. The Morgan fingerprint density at radius 3 is 0.800 bits per heavy atom. The van der Waals surface area contributed by atoms with Crippen molar-refractivity contribution in [3.8, 4) is 0 Å². The van der Waals surface area contributed by atoms with Gasteiger partial charge in [0.2, 0.25) is 0 Å². The van der Waals surface area contributed by atoms with Gasteiger partial charge in [0.05, 0.1) is 0 Å². The number of hydrogen-bond acceptors (Lipinski definition) is 6. The van der Waals surface area contributed by atoms with Crippen molar-refractivity contribution in [3.63, 3.8) is 0 Å². The van der Waals surface area contributed by atoms with E-state index in [1.807, 2.05) is 0 Å². The van der Waals surface area contributed by atoms with Gasteiger partial charge in [0.15, 0.2) is 0 Å². The van der Waals surface area contributed by atoms with E-state index in [-0.39, 0.29) is 46.1 Å². The maximum atomic E-state index is 8.64. The SMILES string of the molecule is [Mg+2].[Mg+2].[O-]B(O)O.[O-]B([O-])[O-]. The largest absolute Gasteiger partial charge is 2.00 e. The minimum Gasteiger partial charge on any atom is -0.907 e. The number of hydrogen-bond donors (Lipinski definition) is 2. The fourth-order valence-electron chi connectivity index (χ4n) is 0. The van der Waals surface area contributed by atoms with Crippen molar-refractivity contribution in [3.05, 3.63) is 0 Å². The first kappa shape index (κ1) is 22.5. The van der Waals surface area contributed by atoms with E-state index >= 15 is 0 Å². The molecule has 0 aliphatic carbocycles. The van der Waals surface area contributed by atoms with Crippen LogP contribution in [0, 0.1) is 0 Å². The van der Waals surface area contributed by atoms with Crippen molar-refractivity contribution >= 4 is 60.7 Å². The Morgan fingerprint density at radius 1 is 0.800 bits per heavy atom. The van der Waals surface area contributed by atoms with Gasteiger partial charge in [-0.1, -0.05) is 0 Å². The van der Waals surface area contributed by atoms with Gasteiger partial charge in [-0.15, -0.1) is 0 Å². The van der Waals surface area contributed by atoms with E-state index < -0.39 is 14.6 Å². The van der Waals surface area contributed by atoms with E-state index in [9.17, 15) is 0 Å². The number of rotatable bonds is 0. The molecule has 6 nitrogen and oxygen atoms in total. The van der Waals surface area contributed by atoms with Crippen molar-refractivity contribution in [1.82, 2.24) is 0 Å². The van der Waals surface area contributed by atoms with E-state index in [0.717, 1.165) is 0 Å². The third kappa shape index (κ3) is 330. The molecule has 0 unspecified atom stereocenters. The molecule has 0 heterocycles. The van der Waals surface area contributed by atoms with Gasteiger partial charge >= 0.3 is 53.4 Å². The molecule has 48 valence electrons. The van der Waals surface area contributed by atoms with Crippen LogP contribution >= 0.6 is 0 Å². The van der Waals surface area contributed by atoms with Gasteiger partial charge in [-0.25, -0.2) is 0 Å². The molecule has 0 spiro atoms. The molecule has 0 radical (unpaired) electrons. The molecule has 10 heavy (non-hydrogen) atoms. The first-order valence-electron chi connectivity index (χ1n) is 1.46. The first-order chi connectivity index (χ1) is 3.46. The summed E-state index contributed by atoms with van der Waals surface area (Å²) in [5, 5.41) is 48.0. The average molecular weight is 168 g/mol. The monoisotopic (exact) mass is 168 g/mol. The summed E-state index contributed by atoms with van der Waals surface area (Å²) < 4.78 is 0. The summed E-state index contributed by atoms with van der Waals surface area (Å²) in [5.74, 6) is 0. The van der Waals surface area contributed by atoms with Crippen LogP contribution in [-0.2, 0) is 0 Å². The molecule has 2 N–H and O–H groups in total. The molecular weight excluding hydrogens is 166 g/mol. The van der Waals surface area contributed by atoms with Crippen molar-refractivity contribution in [2.45, 2.75) is 0 Å². The molecule has 0 saturated heterocycles. The first-order valence-corrected chi connectivity index (χ1v) is 1.46. The Balaban J connectivity index is -0.0000000300. The standard InChI is InChI=1S/BH2O3.BO3.2Mg/c2*2-1(3)4;;/h2-3H;;;/q-1;-3;2*+2. The molecule has 0 aromatic rings. The minimum absolute atomic E-state index is 0. The quantitative estimate of drug-likeness (QED) is 0.345. The zero-order chi connectivity index (χ0) is 7.15. The van der Waals surface area contributed by atoms with Crippen LogP contribution < -0.4 is 20.1 Å². The molecule has 0 rings (SSSR count). The molecule has 0 fully saturated rings. The summed E-state index contributed by atoms with van der Waals surface area (Å²) >= 11 is 0. The second-order valence-electron chi connectivity index (χ2n) is 0.615. The molecule has 0 aliphatic rings. The molecule has 10 heteroatoms. The molecule has 0 atom stereocenters. The second-order valence-corrected chi connectivity index (χ2v) is 0.615. The predicted octanol–water partition coefficient (Wildman–Crippen LogP) is -7.39. The summed E-state index contributed by atoms with van der Waals surface area (Å²) in [6.07, 6.45) is 0. The van der Waals surface area contributed by atoms with Crippen LogP contribution in [0.4, 0.5) is 0 Å². The maximum Gasteiger partial charge on any atom is 2.00 e. The van der Waals surface area contributed by atoms with E-state index in [1.165, 1.54) is 0 Å². The van der Waals surface area contributed by atoms with Crippen molar-refractivity contribution in [1.29, 1.82) is 0 Å². The Morgan fingerprint density at radius 2 is 0.800 bits per heavy atom. The Hall–Kier alpha value is 1.42. The van der Waals surface area contributed by atoms with Gasteiger partial charge in [-0.2, -0.15) is 0 Å². The van der Waals surface area contributed by atoms with Crippen LogP contribution in [0.5, 0.6) is 0 Å². The summed E-state index contributed by atoms with van der Waals surface area (Å²) in [5.41, 5.74) is 0. The molecule has 0 aromatic heterocycles. The fourth-order valence-corrected chi connectivity index (χ4v) is 0. The topological polar surface area (TPSA) is 133 Å². The third-order valence-corrected chi connectivity index (χ3v) is 0. The van der Waals surface area contributed by atoms with Crippen LogP contribution in [0.1, 0.15) is 0 Å². The second kappa shape index (κ2) is 16.8. The van der Waals surface area contributed by atoms with Crippen LogP contribution in [0.25, 0.3) is 0 Å². The van der Waals surface area contributed by atoms with Gasteiger partial charge in [0.1, 0.15) is 0 Å². The Bertz CT molecular complexity index is 29.2. The normalized spacial score (nSPS) is 5.40. The molecular formula is H2B2Mg2O6. The third-order valence-electron chi connectivity index (χ3n) is 0. The Labute approximate surface area is 90.5 Å². The summed E-state index contributed by atoms with van der Waals surface area (Å²) in [4.78, 5) is 0. The summed E-state index contributed by atoms with van der Waals surface area (Å²) in [7, 11) is -5.33. The zero-order valence-corrected chi connectivity index (χ0v) is 7.92. The fraction of sp³-hybridized carbons (Fsp3) is 0. The van der Waals surface area contributed by atoms with Crippen LogP contribution in [-0.4, -0.2) is 70.8 Å². The molecule has 0 aromatic carbocycles. The van der Waals surface area contributed by atoms with Crippen molar-refractivity contribution in [2.75, 3.05) is 0 Å². The van der Waals surface area contributed by atoms with Gasteiger partial charge in [0.25, 0.3) is 0 Å². The minimum atomic E-state index is -2.92. The smallest absolute Gasteiger partial charge is 0.907 e. The Kier molecular flexibility index (Phi) is 37.8. The van der Waals surface area contributed by atoms with Crippen LogP contribution in [0.2, 0.25) is 0 Å². The van der Waals surface area contributed by atoms with Crippen LogP contribution in [0.15, 0.2) is 0 Å². The average Bonchev–Trinajstić information content (AvgIpc) is 1.25. The van der Waals surface area contributed by atoms with Crippen molar-refractivity contribution in [2.24, 2.45) is 0 Å². The zero-order valence-electron chi connectivity index (χ0n) is 5.10. The molecule has 0 amide bonds. The van der Waals surface area contributed by atoms with E-state index in [2.05, 4.69) is 0 Å². The molecule has 0 saturated carbocycles.